The fourth-order valence-corrected chi connectivity index (χ4v) is 4.46. The number of halogens is 1. The number of hydrogen-bond acceptors (Lipinski definition) is 6. The second kappa shape index (κ2) is 11.3. The van der Waals surface area contributed by atoms with Gasteiger partial charge in [0.2, 0.25) is 5.91 Å². The van der Waals surface area contributed by atoms with E-state index in [9.17, 15) is 18.8 Å². The van der Waals surface area contributed by atoms with E-state index in [-0.39, 0.29) is 49.3 Å². The molecule has 1 saturated heterocycles. The first-order valence-corrected chi connectivity index (χ1v) is 11.9. The van der Waals surface area contributed by atoms with Gasteiger partial charge in [-0.05, 0) is 49.6 Å². The molecule has 2 aromatic carbocycles. The van der Waals surface area contributed by atoms with Gasteiger partial charge in [0.25, 0.3) is 5.91 Å². The first kappa shape index (κ1) is 25.3. The Morgan fingerprint density at radius 2 is 1.97 bits per heavy atom. The molecule has 0 saturated carbocycles. The highest BCUT2D eigenvalue weighted by Gasteiger charge is 2.31. The molecule has 1 aliphatic rings. The fraction of sp³-hybridized carbons (Fsp3) is 0.385. The number of amides is 2. The van der Waals surface area contributed by atoms with Crippen molar-refractivity contribution in [3.05, 3.63) is 59.7 Å². The molecule has 1 aliphatic heterocycles. The van der Waals surface area contributed by atoms with Gasteiger partial charge in [-0.2, -0.15) is 0 Å². The number of carbonyl (C=O) groups excluding carboxylic acids is 3. The van der Waals surface area contributed by atoms with E-state index in [0.29, 0.717) is 48.2 Å². The molecule has 1 aromatic heterocycles. The van der Waals surface area contributed by atoms with E-state index in [1.54, 1.807) is 42.4 Å². The van der Waals surface area contributed by atoms with Crippen molar-refractivity contribution >= 4 is 34.5 Å². The van der Waals surface area contributed by atoms with Gasteiger partial charge >= 0.3 is 5.97 Å². The standard InChI is InChI=1S/C26H29FN4O5/c1-3-36-26(34)18-5-4-10-30(14-18)25(33)21-11-20(29-23(32)15-35-2)12-22-24(21)31(16-28-22)13-17-6-8-19(27)9-7-17/h6-9,11-12,16,18H,3-5,10,13-15H2,1-2H3,(H,29,32). The summed E-state index contributed by atoms with van der Waals surface area (Å²) in [5.41, 5.74) is 2.72. The summed E-state index contributed by atoms with van der Waals surface area (Å²) in [6, 6.07) is 9.43. The Morgan fingerprint density at radius 1 is 1.19 bits per heavy atom. The molecule has 0 radical (unpaired) electrons. The van der Waals surface area contributed by atoms with Gasteiger partial charge < -0.3 is 24.3 Å². The molecule has 3 aromatic rings. The van der Waals surface area contributed by atoms with Gasteiger partial charge in [0.1, 0.15) is 12.4 Å². The normalized spacial score (nSPS) is 15.6. The number of piperidine rings is 1. The van der Waals surface area contributed by atoms with Crippen molar-refractivity contribution in [3.63, 3.8) is 0 Å². The molecular formula is C26H29FN4O5. The lowest BCUT2D eigenvalue weighted by atomic mass is 9.97. The van der Waals surface area contributed by atoms with E-state index < -0.39 is 0 Å². The van der Waals surface area contributed by atoms with Crippen LogP contribution in [0.4, 0.5) is 10.1 Å². The highest BCUT2D eigenvalue weighted by atomic mass is 19.1. The number of methoxy groups -OCH3 is 1. The molecule has 1 atom stereocenters. The molecule has 0 spiro atoms. The van der Waals surface area contributed by atoms with Crippen LogP contribution in [0.3, 0.4) is 0 Å². The Hall–Kier alpha value is -3.79. The summed E-state index contributed by atoms with van der Waals surface area (Å²) in [4.78, 5) is 44.4. The topological polar surface area (TPSA) is 103 Å². The minimum atomic E-state index is -0.383. The predicted molar refractivity (Wildman–Crippen MR) is 131 cm³/mol. The maximum Gasteiger partial charge on any atom is 0.310 e. The molecule has 190 valence electrons. The smallest absolute Gasteiger partial charge is 0.310 e. The summed E-state index contributed by atoms with van der Waals surface area (Å²) in [6.07, 6.45) is 2.95. The third kappa shape index (κ3) is 5.71. The lowest BCUT2D eigenvalue weighted by Crippen LogP contribution is -2.43. The van der Waals surface area contributed by atoms with Gasteiger partial charge in [-0.3, -0.25) is 14.4 Å². The molecule has 2 amide bonds. The van der Waals surface area contributed by atoms with Crippen LogP contribution >= 0.6 is 0 Å². The van der Waals surface area contributed by atoms with Crippen molar-refractivity contribution in [2.75, 3.05) is 38.7 Å². The van der Waals surface area contributed by atoms with Crippen LogP contribution in [0, 0.1) is 11.7 Å². The van der Waals surface area contributed by atoms with Crippen molar-refractivity contribution in [3.8, 4) is 0 Å². The van der Waals surface area contributed by atoms with Crippen LogP contribution in [-0.4, -0.2) is 65.6 Å². The quantitative estimate of drug-likeness (QED) is 0.481. The van der Waals surface area contributed by atoms with Gasteiger partial charge in [0.15, 0.2) is 0 Å². The van der Waals surface area contributed by atoms with Gasteiger partial charge in [0.05, 0.1) is 35.4 Å². The molecule has 10 heteroatoms. The van der Waals surface area contributed by atoms with Crippen molar-refractivity contribution in [1.29, 1.82) is 0 Å². The second-order valence-corrected chi connectivity index (χ2v) is 8.71. The molecule has 36 heavy (non-hydrogen) atoms. The van der Waals surface area contributed by atoms with Crippen molar-refractivity contribution in [2.24, 2.45) is 5.92 Å². The summed E-state index contributed by atoms with van der Waals surface area (Å²) in [5, 5.41) is 2.74. The van der Waals surface area contributed by atoms with Gasteiger partial charge in [-0.1, -0.05) is 12.1 Å². The summed E-state index contributed by atoms with van der Waals surface area (Å²) < 4.78 is 25.3. The number of ether oxygens (including phenoxy) is 2. The SMILES string of the molecule is CCOC(=O)C1CCCN(C(=O)c2cc(NC(=O)COC)cc3ncn(Cc4ccc(F)cc4)c23)C1. The number of nitrogens with zero attached hydrogens (tertiary/aromatic N) is 3. The number of rotatable bonds is 8. The average molecular weight is 497 g/mol. The number of anilines is 1. The molecule has 1 unspecified atom stereocenters. The zero-order chi connectivity index (χ0) is 25.7. The third-order valence-corrected chi connectivity index (χ3v) is 6.10. The van der Waals surface area contributed by atoms with Crippen LogP contribution in [-0.2, 0) is 25.6 Å². The molecule has 4 rings (SSSR count). The largest absolute Gasteiger partial charge is 0.466 e. The van der Waals surface area contributed by atoms with E-state index in [4.69, 9.17) is 9.47 Å². The van der Waals surface area contributed by atoms with E-state index >= 15 is 0 Å². The Bertz CT molecular complexity index is 1260. The number of likely N-dealkylation sites (tertiary alicyclic amines) is 1. The molecule has 1 N–H and O–H groups in total. The lowest BCUT2D eigenvalue weighted by Gasteiger charge is -2.32. The van der Waals surface area contributed by atoms with Crippen LogP contribution < -0.4 is 5.32 Å². The molecular weight excluding hydrogens is 467 g/mol. The maximum atomic E-state index is 13.8. The lowest BCUT2D eigenvalue weighted by molar-refractivity contribution is -0.149. The number of esters is 1. The van der Waals surface area contributed by atoms with Crippen molar-refractivity contribution < 1.29 is 28.2 Å². The Labute approximate surface area is 208 Å². The predicted octanol–water partition coefficient (Wildman–Crippen LogP) is 3.22. The number of nitrogens with one attached hydrogen (secondary N) is 1. The summed E-state index contributed by atoms with van der Waals surface area (Å²) in [5.74, 6) is -1.64. The van der Waals surface area contributed by atoms with Crippen molar-refractivity contribution in [2.45, 2.75) is 26.3 Å². The number of carbonyl (C=O) groups is 3. The average Bonchev–Trinajstić information content (AvgIpc) is 3.27. The van der Waals surface area contributed by atoms with Crippen molar-refractivity contribution in [1.82, 2.24) is 14.5 Å². The van der Waals surface area contributed by atoms with E-state index in [0.717, 1.165) is 5.56 Å². The molecule has 0 aliphatic carbocycles. The second-order valence-electron chi connectivity index (χ2n) is 8.71. The minimum Gasteiger partial charge on any atom is -0.466 e. The molecule has 2 heterocycles. The number of aromatic nitrogens is 2. The highest BCUT2D eigenvalue weighted by molar-refractivity contribution is 6.07. The van der Waals surface area contributed by atoms with E-state index in [1.807, 2.05) is 4.57 Å². The van der Waals surface area contributed by atoms with Crippen LogP contribution in [0.25, 0.3) is 11.0 Å². The summed E-state index contributed by atoms with van der Waals surface area (Å²) in [6.45, 7) is 3.04. The van der Waals surface area contributed by atoms with Gasteiger partial charge in [0, 0.05) is 32.4 Å². The maximum absolute atomic E-state index is 13.8. The highest BCUT2D eigenvalue weighted by Crippen LogP contribution is 2.28. The number of imidazole rings is 1. The van der Waals surface area contributed by atoms with Gasteiger partial charge in [-0.25, -0.2) is 9.37 Å². The minimum absolute atomic E-state index is 0.131. The molecule has 9 nitrogen and oxygen atoms in total. The Kier molecular flexibility index (Phi) is 7.94. The number of fused-ring (bicyclic) bond motifs is 1. The molecule has 0 bridgehead atoms. The van der Waals surface area contributed by atoms with Crippen LogP contribution in [0.1, 0.15) is 35.7 Å². The van der Waals surface area contributed by atoms with Crippen LogP contribution in [0.15, 0.2) is 42.7 Å². The first-order chi connectivity index (χ1) is 17.4. The number of benzene rings is 2. The fourth-order valence-electron chi connectivity index (χ4n) is 4.46. The monoisotopic (exact) mass is 496 g/mol. The Balaban J connectivity index is 1.71. The summed E-state index contributed by atoms with van der Waals surface area (Å²) >= 11 is 0. The van der Waals surface area contributed by atoms with E-state index in [2.05, 4.69) is 10.3 Å². The first-order valence-electron chi connectivity index (χ1n) is 11.9. The Morgan fingerprint density at radius 3 is 2.69 bits per heavy atom. The summed E-state index contributed by atoms with van der Waals surface area (Å²) in [7, 11) is 1.42. The van der Waals surface area contributed by atoms with Crippen LogP contribution in [0.2, 0.25) is 0 Å². The van der Waals surface area contributed by atoms with E-state index in [1.165, 1.54) is 19.2 Å². The molecule has 1 fully saturated rings. The third-order valence-electron chi connectivity index (χ3n) is 6.10. The van der Waals surface area contributed by atoms with Crippen LogP contribution in [0.5, 0.6) is 0 Å². The zero-order valence-electron chi connectivity index (χ0n) is 20.3. The van der Waals surface area contributed by atoms with Gasteiger partial charge in [-0.15, -0.1) is 0 Å². The number of hydrogen-bond donors (Lipinski definition) is 1. The zero-order valence-corrected chi connectivity index (χ0v) is 20.3.